The van der Waals surface area contributed by atoms with Gasteiger partial charge in [-0.25, -0.2) is 0 Å². The third-order valence-corrected chi connectivity index (χ3v) is 0. The van der Waals surface area contributed by atoms with Crippen LogP contribution in [0.5, 0.6) is 0 Å². The number of hydrogen-bond acceptors (Lipinski definition) is 0. The standard InChI is InChI=1S/C.Cr.Mo.Ti.V.W. The van der Waals surface area contributed by atoms with Gasteiger partial charge in [-0.3, -0.25) is 0 Å². The summed E-state index contributed by atoms with van der Waals surface area (Å²) in [6.45, 7) is 0. The van der Waals surface area contributed by atoms with Crippen molar-refractivity contribution in [3.63, 3.8) is 0 Å². The second kappa shape index (κ2) is 41.4. The average molecular weight is 443 g/mol. The van der Waals surface area contributed by atoms with Gasteiger partial charge < -0.3 is 0 Å². The Morgan fingerprint density at radius 3 is 1.00 bits per heavy atom. The van der Waals surface area contributed by atoms with Gasteiger partial charge in [0.25, 0.3) is 0 Å². The zero-order chi connectivity index (χ0) is 0. The molecule has 0 nitrogen and oxygen atoms in total. The summed E-state index contributed by atoms with van der Waals surface area (Å²) in [5, 5.41) is 0. The molecule has 0 aromatic heterocycles. The molecule has 0 unspecified atom stereocenters. The van der Waals surface area contributed by atoms with E-state index in [1.165, 1.54) is 0 Å². The van der Waals surface area contributed by atoms with Crippen LogP contribution >= 0.6 is 0 Å². The van der Waals surface area contributed by atoms with Crippen LogP contribution in [0.4, 0.5) is 0 Å². The topological polar surface area (TPSA) is 0 Å². The van der Waals surface area contributed by atoms with Crippen molar-refractivity contribution in [2.45, 2.75) is 0 Å². The van der Waals surface area contributed by atoms with E-state index >= 15 is 0 Å². The quantitative estimate of drug-likeness (QED) is 0.466. The zero-order valence-electron chi connectivity index (χ0n) is 2.67. The van der Waals surface area contributed by atoms with E-state index in [0.717, 1.165) is 0 Å². The molecule has 31 valence electrons. The fourth-order valence-electron chi connectivity index (χ4n) is 0. The minimum atomic E-state index is 0. The van der Waals surface area contributed by atoms with Gasteiger partial charge in [0.05, 0.1) is 0 Å². The van der Waals surface area contributed by atoms with Crippen molar-refractivity contribution in [3.8, 4) is 0 Å². The zero-order valence-corrected chi connectivity index (χ0v) is 11.8. The van der Waals surface area contributed by atoms with Crippen molar-refractivity contribution in [2.75, 3.05) is 0 Å². The third-order valence-electron chi connectivity index (χ3n) is 0. The van der Waals surface area contributed by atoms with Crippen LogP contribution in [0.1, 0.15) is 0 Å². The largest absolute Gasteiger partial charge is 0 e. The van der Waals surface area contributed by atoms with Gasteiger partial charge in [0, 0.05) is 107 Å². The molecule has 0 amide bonds. The Morgan fingerprint density at radius 2 is 1.00 bits per heavy atom. The Hall–Kier alpha value is 3.21. The fourth-order valence-corrected chi connectivity index (χ4v) is 0. The van der Waals surface area contributed by atoms with Crippen LogP contribution in [0.15, 0.2) is 0 Å². The van der Waals surface area contributed by atoms with E-state index in [0.29, 0.717) is 0 Å². The maximum absolute atomic E-state index is 0. The maximum Gasteiger partial charge on any atom is 0 e. The van der Waals surface area contributed by atoms with E-state index in [-0.39, 0.29) is 107 Å². The molecule has 0 atom stereocenters. The maximum atomic E-state index is 0. The van der Waals surface area contributed by atoms with Crippen molar-refractivity contribution in [1.82, 2.24) is 0 Å². The van der Waals surface area contributed by atoms with E-state index in [1.807, 2.05) is 0 Å². The Labute approximate surface area is 105 Å². The molecule has 0 N–H and O–H groups in total. The molecule has 0 saturated carbocycles. The molecule has 0 aromatic rings. The first-order valence-electron chi connectivity index (χ1n) is 0. The van der Waals surface area contributed by atoms with Gasteiger partial charge >= 0.3 is 0 Å². The molecule has 0 fully saturated rings. The first-order chi connectivity index (χ1) is 0. The van der Waals surface area contributed by atoms with Gasteiger partial charge in [0.15, 0.2) is 0 Å². The van der Waals surface area contributed by atoms with E-state index in [4.69, 9.17) is 0 Å². The van der Waals surface area contributed by atoms with Gasteiger partial charge in [-0.2, -0.15) is 0 Å². The Kier molecular flexibility index (Phi) is 416. The molecule has 5 heteroatoms. The minimum absolute atomic E-state index is 0. The molecule has 0 heterocycles. The van der Waals surface area contributed by atoms with Crippen LogP contribution in [0, 0.1) is 7.43 Å². The van der Waals surface area contributed by atoms with E-state index in [1.54, 1.807) is 0 Å². The van der Waals surface area contributed by atoms with Crippen LogP contribution in [0.2, 0.25) is 0 Å². The summed E-state index contributed by atoms with van der Waals surface area (Å²) in [5.74, 6) is 0. The Bertz CT molecular complexity index is 15.5. The van der Waals surface area contributed by atoms with Crippen molar-refractivity contribution in [1.29, 1.82) is 0 Å². The second-order valence-electron chi connectivity index (χ2n) is 0. The average Bonchev–Trinajstić information content (AvgIpc) is 0. The minimum Gasteiger partial charge on any atom is 0 e. The fraction of sp³-hybridized carbons (Fsp3) is 0. The van der Waals surface area contributed by atoms with Crippen LogP contribution in [0.25, 0.3) is 0 Å². The molecule has 6 heavy (non-hydrogen) atoms. The molecule has 0 saturated heterocycles. The molecule has 0 aliphatic heterocycles. The van der Waals surface area contributed by atoms with Crippen molar-refractivity contribution in [3.05, 3.63) is 7.43 Å². The molecular weight excluding hydrogens is 443 g/mol. The van der Waals surface area contributed by atoms with E-state index < -0.39 is 0 Å². The molecule has 0 aliphatic rings. The summed E-state index contributed by atoms with van der Waals surface area (Å²) in [7, 11) is 0. The molecule has 0 aliphatic carbocycles. The summed E-state index contributed by atoms with van der Waals surface area (Å²) in [5.41, 5.74) is 0. The molecule has 5 radical (unpaired) electrons. The first-order valence-corrected chi connectivity index (χ1v) is 0. The SMILES string of the molecule is [C].[Cr].[Mo].[Ti].[V].[W]. The predicted octanol–water partition coefficient (Wildman–Crippen LogP) is 0.0688. The Morgan fingerprint density at radius 1 is 1.00 bits per heavy atom. The van der Waals surface area contributed by atoms with Crippen LogP contribution in [0.3, 0.4) is 0 Å². The molecule has 0 spiro atoms. The predicted molar refractivity (Wildman–Crippen MR) is 3.24 cm³/mol. The smallest absolute Gasteiger partial charge is 0 e. The molecular formula is CCrMoTiVW. The van der Waals surface area contributed by atoms with E-state index in [2.05, 4.69) is 0 Å². The first kappa shape index (κ1) is 60.3. The summed E-state index contributed by atoms with van der Waals surface area (Å²) in [4.78, 5) is 0. The monoisotopic (exact) mass is 445 g/mol. The Balaban J connectivity index is 0. The summed E-state index contributed by atoms with van der Waals surface area (Å²) < 4.78 is 0. The van der Waals surface area contributed by atoms with Crippen LogP contribution in [-0.2, 0) is 99.8 Å². The van der Waals surface area contributed by atoms with E-state index in [9.17, 15) is 0 Å². The van der Waals surface area contributed by atoms with Crippen molar-refractivity contribution < 1.29 is 99.8 Å². The van der Waals surface area contributed by atoms with Crippen LogP contribution in [-0.4, -0.2) is 0 Å². The number of rotatable bonds is 0. The summed E-state index contributed by atoms with van der Waals surface area (Å²) >= 11 is 0. The van der Waals surface area contributed by atoms with Gasteiger partial charge in [-0.05, 0) is 0 Å². The van der Waals surface area contributed by atoms with Gasteiger partial charge in [-0.1, -0.05) is 0 Å². The molecule has 0 bridgehead atoms. The van der Waals surface area contributed by atoms with Crippen molar-refractivity contribution >= 4 is 0 Å². The third kappa shape index (κ3) is 27.0. The summed E-state index contributed by atoms with van der Waals surface area (Å²) in [6, 6.07) is 0. The number of hydrogen-bond donors (Lipinski definition) is 0. The van der Waals surface area contributed by atoms with Crippen LogP contribution < -0.4 is 0 Å². The second-order valence-corrected chi connectivity index (χ2v) is 0. The van der Waals surface area contributed by atoms with Crippen molar-refractivity contribution in [2.24, 2.45) is 0 Å². The molecule has 0 aromatic carbocycles. The normalized spacial score (nSPS) is 0. The van der Waals surface area contributed by atoms with Gasteiger partial charge in [-0.15, -0.1) is 0 Å². The summed E-state index contributed by atoms with van der Waals surface area (Å²) in [6.07, 6.45) is 0. The molecule has 0 rings (SSSR count). The van der Waals surface area contributed by atoms with Gasteiger partial charge in [0.1, 0.15) is 0 Å². The van der Waals surface area contributed by atoms with Gasteiger partial charge in [0.2, 0.25) is 0 Å².